The minimum Gasteiger partial charge on any atom is -0.321 e. The van der Waals surface area contributed by atoms with Crippen LogP contribution in [0.3, 0.4) is 0 Å². The number of hydrogen-bond donors (Lipinski definition) is 1. The maximum Gasteiger partial charge on any atom is 0.260 e. The third-order valence-corrected chi connectivity index (χ3v) is 3.70. The Labute approximate surface area is 130 Å². The van der Waals surface area contributed by atoms with E-state index in [1.54, 1.807) is 13.0 Å². The zero-order valence-electron chi connectivity index (χ0n) is 11.6. The predicted molar refractivity (Wildman–Crippen MR) is 80.7 cm³/mol. The van der Waals surface area contributed by atoms with Crippen LogP contribution in [0.4, 0.5) is 15.8 Å². The number of fused-ring (bicyclic) bond motifs is 1. The summed E-state index contributed by atoms with van der Waals surface area (Å²) in [7, 11) is 0. The maximum absolute atomic E-state index is 13.5. The summed E-state index contributed by atoms with van der Waals surface area (Å²) in [6.45, 7) is 1.41. The lowest BCUT2D eigenvalue weighted by atomic mass is 10.1. The van der Waals surface area contributed by atoms with Crippen LogP contribution >= 0.6 is 11.6 Å². The van der Waals surface area contributed by atoms with Gasteiger partial charge in [-0.2, -0.15) is 0 Å². The Morgan fingerprint density at radius 1 is 1.45 bits per heavy atom. The van der Waals surface area contributed by atoms with E-state index in [0.29, 0.717) is 16.9 Å². The van der Waals surface area contributed by atoms with Gasteiger partial charge in [0.1, 0.15) is 12.4 Å². The topological polar surface area (TPSA) is 62.3 Å². The van der Waals surface area contributed by atoms with Gasteiger partial charge >= 0.3 is 0 Å². The standard InChI is InChI=1S/C15H11ClFN3O2/c1-8-4-9(10(16)5-11(8)17)15(22)20-7-14(21)19-12-6-18-3-2-13(12)20/h2-6H,7H2,1H3,(H,19,21). The second-order valence-corrected chi connectivity index (χ2v) is 5.32. The van der Waals surface area contributed by atoms with Gasteiger partial charge in [0.05, 0.1) is 28.2 Å². The van der Waals surface area contributed by atoms with Crippen molar-refractivity contribution in [1.29, 1.82) is 0 Å². The molecule has 112 valence electrons. The number of carbonyl (C=O) groups is 2. The number of pyridine rings is 1. The minimum absolute atomic E-state index is 0.00897. The number of anilines is 2. The van der Waals surface area contributed by atoms with Crippen molar-refractivity contribution >= 4 is 34.8 Å². The third kappa shape index (κ3) is 2.42. The Bertz CT molecular complexity index is 794. The quantitative estimate of drug-likeness (QED) is 0.879. The molecule has 0 atom stereocenters. The molecule has 2 heterocycles. The molecule has 1 aromatic carbocycles. The molecule has 2 amide bonds. The largest absolute Gasteiger partial charge is 0.321 e. The fourth-order valence-electron chi connectivity index (χ4n) is 2.29. The Morgan fingerprint density at radius 2 is 2.23 bits per heavy atom. The second-order valence-electron chi connectivity index (χ2n) is 4.91. The molecular formula is C15H11ClFN3O2. The summed E-state index contributed by atoms with van der Waals surface area (Å²) >= 11 is 5.98. The number of nitrogens with zero attached hydrogens (tertiary/aromatic N) is 2. The van der Waals surface area contributed by atoms with E-state index >= 15 is 0 Å². The van der Waals surface area contributed by atoms with Crippen LogP contribution in [-0.4, -0.2) is 23.3 Å². The number of halogens is 2. The van der Waals surface area contributed by atoms with E-state index in [0.717, 1.165) is 6.07 Å². The summed E-state index contributed by atoms with van der Waals surface area (Å²) in [5.41, 5.74) is 1.43. The van der Waals surface area contributed by atoms with Crippen molar-refractivity contribution in [3.05, 3.63) is 52.6 Å². The molecule has 3 rings (SSSR count). The molecule has 0 bridgehead atoms. The molecule has 5 nitrogen and oxygen atoms in total. The van der Waals surface area contributed by atoms with Crippen molar-refractivity contribution in [3.63, 3.8) is 0 Å². The fraction of sp³-hybridized carbons (Fsp3) is 0.133. The third-order valence-electron chi connectivity index (χ3n) is 3.39. The van der Waals surface area contributed by atoms with E-state index in [4.69, 9.17) is 11.6 Å². The van der Waals surface area contributed by atoms with Gasteiger partial charge in [0.2, 0.25) is 5.91 Å². The van der Waals surface area contributed by atoms with E-state index < -0.39 is 11.7 Å². The van der Waals surface area contributed by atoms with Crippen LogP contribution in [0.15, 0.2) is 30.6 Å². The van der Waals surface area contributed by atoms with Crippen LogP contribution in [0.5, 0.6) is 0 Å². The van der Waals surface area contributed by atoms with Crippen LogP contribution in [0.2, 0.25) is 5.02 Å². The fourth-order valence-corrected chi connectivity index (χ4v) is 2.52. The molecule has 0 saturated carbocycles. The average Bonchev–Trinajstić information content (AvgIpc) is 2.49. The van der Waals surface area contributed by atoms with Crippen molar-refractivity contribution in [1.82, 2.24) is 4.98 Å². The average molecular weight is 320 g/mol. The number of amides is 2. The Balaban J connectivity index is 2.06. The lowest BCUT2D eigenvalue weighted by Crippen LogP contribution is -2.42. The van der Waals surface area contributed by atoms with Crippen molar-refractivity contribution < 1.29 is 14.0 Å². The highest BCUT2D eigenvalue weighted by atomic mass is 35.5. The lowest BCUT2D eigenvalue weighted by molar-refractivity contribution is -0.115. The number of aromatic nitrogens is 1. The number of nitrogens with one attached hydrogen (secondary N) is 1. The van der Waals surface area contributed by atoms with Crippen molar-refractivity contribution in [3.8, 4) is 0 Å². The van der Waals surface area contributed by atoms with Gasteiger partial charge in [-0.05, 0) is 30.7 Å². The van der Waals surface area contributed by atoms with E-state index in [9.17, 15) is 14.0 Å². The summed E-state index contributed by atoms with van der Waals surface area (Å²) in [4.78, 5) is 29.7. The molecule has 22 heavy (non-hydrogen) atoms. The lowest BCUT2D eigenvalue weighted by Gasteiger charge is -2.29. The molecular weight excluding hydrogens is 309 g/mol. The summed E-state index contributed by atoms with van der Waals surface area (Å²) in [5.74, 6) is -1.28. The molecule has 0 radical (unpaired) electrons. The monoisotopic (exact) mass is 319 g/mol. The molecule has 0 fully saturated rings. The van der Waals surface area contributed by atoms with Gasteiger partial charge < -0.3 is 5.32 Å². The van der Waals surface area contributed by atoms with Crippen LogP contribution < -0.4 is 10.2 Å². The number of benzene rings is 1. The summed E-state index contributed by atoms with van der Waals surface area (Å²) in [6.07, 6.45) is 2.98. The normalized spacial score (nSPS) is 13.6. The highest BCUT2D eigenvalue weighted by Gasteiger charge is 2.29. The first-order valence-corrected chi connectivity index (χ1v) is 6.86. The highest BCUT2D eigenvalue weighted by Crippen LogP contribution is 2.31. The molecule has 0 spiro atoms. The van der Waals surface area contributed by atoms with Crippen molar-refractivity contribution in [2.45, 2.75) is 6.92 Å². The zero-order valence-corrected chi connectivity index (χ0v) is 12.3. The first-order chi connectivity index (χ1) is 10.5. The first-order valence-electron chi connectivity index (χ1n) is 6.48. The summed E-state index contributed by atoms with van der Waals surface area (Å²) < 4.78 is 13.5. The van der Waals surface area contributed by atoms with Crippen LogP contribution in [0, 0.1) is 12.7 Å². The number of rotatable bonds is 1. The highest BCUT2D eigenvalue weighted by molar-refractivity contribution is 6.35. The van der Waals surface area contributed by atoms with Gasteiger partial charge in [-0.25, -0.2) is 4.39 Å². The Hall–Kier alpha value is -2.47. The Kier molecular flexibility index (Phi) is 3.54. The molecule has 0 unspecified atom stereocenters. The maximum atomic E-state index is 13.5. The molecule has 1 N–H and O–H groups in total. The first kappa shape index (κ1) is 14.5. The second kappa shape index (κ2) is 5.38. The van der Waals surface area contributed by atoms with E-state index in [-0.39, 0.29) is 23.0 Å². The Morgan fingerprint density at radius 3 is 3.00 bits per heavy atom. The molecule has 1 aromatic heterocycles. The van der Waals surface area contributed by atoms with Crippen molar-refractivity contribution in [2.24, 2.45) is 0 Å². The molecule has 7 heteroatoms. The summed E-state index contributed by atoms with van der Waals surface area (Å²) in [5, 5.41) is 2.65. The minimum atomic E-state index is -0.484. The number of aryl methyl sites for hydroxylation is 1. The number of carbonyl (C=O) groups excluding carboxylic acids is 2. The summed E-state index contributed by atoms with van der Waals surface area (Å²) in [6, 6.07) is 4.10. The van der Waals surface area contributed by atoms with Gasteiger partial charge in [-0.1, -0.05) is 11.6 Å². The number of hydrogen-bond acceptors (Lipinski definition) is 3. The van der Waals surface area contributed by atoms with Crippen molar-refractivity contribution in [2.75, 3.05) is 16.8 Å². The predicted octanol–water partition coefficient (Wildman–Crippen LogP) is 2.78. The molecule has 0 saturated heterocycles. The van der Waals surface area contributed by atoms with Gasteiger partial charge in [-0.3, -0.25) is 19.5 Å². The molecule has 1 aliphatic heterocycles. The molecule has 0 aliphatic carbocycles. The van der Waals surface area contributed by atoms with Gasteiger partial charge in [-0.15, -0.1) is 0 Å². The van der Waals surface area contributed by atoms with Gasteiger partial charge in [0.15, 0.2) is 0 Å². The van der Waals surface area contributed by atoms with Crippen LogP contribution in [-0.2, 0) is 4.79 Å². The zero-order chi connectivity index (χ0) is 15.9. The molecule has 1 aliphatic rings. The molecule has 2 aromatic rings. The van der Waals surface area contributed by atoms with E-state index in [1.165, 1.54) is 23.4 Å². The van der Waals surface area contributed by atoms with E-state index in [2.05, 4.69) is 10.3 Å². The van der Waals surface area contributed by atoms with Crippen LogP contribution in [0.25, 0.3) is 0 Å². The van der Waals surface area contributed by atoms with Gasteiger partial charge in [0, 0.05) is 6.20 Å². The van der Waals surface area contributed by atoms with Crippen LogP contribution in [0.1, 0.15) is 15.9 Å². The van der Waals surface area contributed by atoms with Gasteiger partial charge in [0.25, 0.3) is 5.91 Å². The SMILES string of the molecule is Cc1cc(C(=O)N2CC(=O)Nc3cnccc32)c(Cl)cc1F. The van der Waals surface area contributed by atoms with E-state index in [1.807, 2.05) is 0 Å². The smallest absolute Gasteiger partial charge is 0.260 e.